The summed E-state index contributed by atoms with van der Waals surface area (Å²) in [5.74, 6) is -1.43. The van der Waals surface area contributed by atoms with Crippen molar-refractivity contribution in [3.63, 3.8) is 0 Å². The molecule has 3 aromatic rings. The van der Waals surface area contributed by atoms with E-state index in [9.17, 15) is 14.7 Å². The molecule has 0 aliphatic carbocycles. The fourth-order valence-corrected chi connectivity index (χ4v) is 4.46. The molecule has 2 aromatic carbocycles. The molecule has 0 radical (unpaired) electrons. The van der Waals surface area contributed by atoms with E-state index in [1.165, 1.54) is 11.0 Å². The number of thiophene rings is 1. The topological polar surface area (TPSA) is 57.6 Å². The van der Waals surface area contributed by atoms with Crippen LogP contribution in [0, 0.1) is 0 Å². The number of carbonyl (C=O) groups is 2. The summed E-state index contributed by atoms with van der Waals surface area (Å²) in [6.07, 6.45) is 0.645. The van der Waals surface area contributed by atoms with E-state index in [1.54, 1.807) is 18.2 Å². The van der Waals surface area contributed by atoms with Crippen LogP contribution in [-0.2, 0) is 0 Å². The van der Waals surface area contributed by atoms with Crippen LogP contribution in [0.15, 0.2) is 54.6 Å². The molecule has 1 amide bonds. The lowest BCUT2D eigenvalue weighted by atomic mass is 10.1. The molecule has 1 unspecified atom stereocenters. The molecule has 0 spiro atoms. The molecule has 1 atom stereocenters. The average Bonchev–Trinajstić information content (AvgIpc) is 3.13. The van der Waals surface area contributed by atoms with E-state index in [1.807, 2.05) is 44.2 Å². The van der Waals surface area contributed by atoms with Crippen LogP contribution in [0.5, 0.6) is 0 Å². The first-order chi connectivity index (χ1) is 13.8. The number of carboxylic acid groups (broad SMARTS) is 1. The van der Waals surface area contributed by atoms with Crippen LogP contribution >= 0.6 is 34.5 Å². The van der Waals surface area contributed by atoms with Crippen molar-refractivity contribution in [2.75, 3.05) is 4.90 Å². The van der Waals surface area contributed by atoms with Gasteiger partial charge in [-0.25, -0.2) is 4.79 Å². The van der Waals surface area contributed by atoms with Gasteiger partial charge in [-0.15, -0.1) is 11.3 Å². The third-order valence-electron chi connectivity index (χ3n) is 4.64. The zero-order valence-electron chi connectivity index (χ0n) is 15.9. The quantitative estimate of drug-likeness (QED) is 0.448. The van der Waals surface area contributed by atoms with Gasteiger partial charge in [0.15, 0.2) is 0 Å². The Morgan fingerprint density at radius 3 is 2.38 bits per heavy atom. The van der Waals surface area contributed by atoms with Gasteiger partial charge in [0.25, 0.3) is 5.91 Å². The Kier molecular flexibility index (Phi) is 6.63. The molecule has 7 heteroatoms. The predicted octanol–water partition coefficient (Wildman–Crippen LogP) is 6.87. The highest BCUT2D eigenvalue weighted by molar-refractivity contribution is 7.18. The van der Waals surface area contributed by atoms with Gasteiger partial charge in [0.1, 0.15) is 4.88 Å². The summed E-state index contributed by atoms with van der Waals surface area (Å²) in [6.45, 7) is 3.83. The molecule has 29 heavy (non-hydrogen) atoms. The highest BCUT2D eigenvalue weighted by Gasteiger charge is 2.30. The maximum absolute atomic E-state index is 13.4. The number of carbonyl (C=O) groups excluding carboxylic acids is 1. The molecule has 1 N–H and O–H groups in total. The number of hydrogen-bond donors (Lipinski definition) is 1. The van der Waals surface area contributed by atoms with Crippen LogP contribution < -0.4 is 4.90 Å². The summed E-state index contributed by atoms with van der Waals surface area (Å²) in [5, 5.41) is 10.5. The molecule has 0 fully saturated rings. The van der Waals surface area contributed by atoms with Crippen LogP contribution in [0.1, 0.15) is 40.3 Å². The van der Waals surface area contributed by atoms with Crippen LogP contribution in [0.3, 0.4) is 0 Å². The van der Waals surface area contributed by atoms with Crippen molar-refractivity contribution in [1.82, 2.24) is 0 Å². The van der Waals surface area contributed by atoms with Crippen molar-refractivity contribution in [2.45, 2.75) is 26.3 Å². The number of hydrogen-bond acceptors (Lipinski definition) is 3. The molecule has 0 saturated heterocycles. The summed E-state index contributed by atoms with van der Waals surface area (Å²) in [4.78, 5) is 27.8. The fraction of sp³-hybridized carbons (Fsp3) is 0.182. The lowest BCUT2D eigenvalue weighted by Gasteiger charge is -2.29. The zero-order valence-corrected chi connectivity index (χ0v) is 18.2. The van der Waals surface area contributed by atoms with Gasteiger partial charge >= 0.3 is 5.97 Å². The van der Waals surface area contributed by atoms with Crippen molar-refractivity contribution < 1.29 is 14.7 Å². The van der Waals surface area contributed by atoms with Gasteiger partial charge in [-0.3, -0.25) is 4.79 Å². The summed E-state index contributed by atoms with van der Waals surface area (Å²) < 4.78 is 0. The van der Waals surface area contributed by atoms with Crippen LogP contribution in [0.4, 0.5) is 5.69 Å². The molecule has 0 bridgehead atoms. The second-order valence-electron chi connectivity index (χ2n) is 6.55. The zero-order chi connectivity index (χ0) is 21.1. The fourth-order valence-electron chi connectivity index (χ4n) is 2.98. The van der Waals surface area contributed by atoms with Crippen LogP contribution in [0.2, 0.25) is 10.0 Å². The molecule has 0 aliphatic rings. The number of aromatic carboxylic acids is 1. The Labute approximate surface area is 183 Å². The molecule has 3 rings (SSSR count). The summed E-state index contributed by atoms with van der Waals surface area (Å²) in [5.41, 5.74) is 1.54. The SMILES string of the molecule is CCC(C)N(C(=O)c1ccc(Cl)cc1Cl)c1cc(-c2ccccc2)sc1C(=O)O. The number of rotatable bonds is 6. The highest BCUT2D eigenvalue weighted by Crippen LogP contribution is 2.39. The van der Waals surface area contributed by atoms with Crippen molar-refractivity contribution >= 4 is 52.1 Å². The highest BCUT2D eigenvalue weighted by atomic mass is 35.5. The van der Waals surface area contributed by atoms with E-state index in [4.69, 9.17) is 23.2 Å². The second-order valence-corrected chi connectivity index (χ2v) is 8.45. The Bertz CT molecular complexity index is 1050. The monoisotopic (exact) mass is 447 g/mol. The minimum absolute atomic E-state index is 0.114. The molecule has 0 saturated carbocycles. The number of halogens is 2. The van der Waals surface area contributed by atoms with E-state index in [2.05, 4.69) is 0 Å². The van der Waals surface area contributed by atoms with E-state index < -0.39 is 5.97 Å². The van der Waals surface area contributed by atoms with E-state index in [0.717, 1.165) is 21.8 Å². The van der Waals surface area contributed by atoms with Gasteiger partial charge in [-0.05, 0) is 43.2 Å². The standard InChI is InChI=1S/C22H19Cl2NO3S/c1-3-13(2)25(21(26)16-10-9-15(23)11-17(16)24)18-12-19(29-20(18)22(27)28)14-7-5-4-6-8-14/h4-13H,3H2,1-2H3,(H,27,28). The number of nitrogens with zero attached hydrogens (tertiary/aromatic N) is 1. The van der Waals surface area contributed by atoms with E-state index in [0.29, 0.717) is 17.1 Å². The Morgan fingerprint density at radius 2 is 1.79 bits per heavy atom. The largest absolute Gasteiger partial charge is 0.477 e. The third-order valence-corrected chi connectivity index (χ3v) is 6.35. The molecular weight excluding hydrogens is 429 g/mol. The number of anilines is 1. The minimum Gasteiger partial charge on any atom is -0.477 e. The van der Waals surface area contributed by atoms with E-state index in [-0.39, 0.29) is 27.4 Å². The number of benzene rings is 2. The lowest BCUT2D eigenvalue weighted by molar-refractivity contribution is 0.0703. The van der Waals surface area contributed by atoms with Crippen molar-refractivity contribution in [3.8, 4) is 10.4 Å². The first-order valence-electron chi connectivity index (χ1n) is 9.04. The Balaban J connectivity index is 2.15. The second kappa shape index (κ2) is 8.99. The maximum Gasteiger partial charge on any atom is 0.348 e. The van der Waals surface area contributed by atoms with E-state index >= 15 is 0 Å². The van der Waals surface area contributed by atoms with Crippen molar-refractivity contribution in [2.24, 2.45) is 0 Å². The number of amides is 1. The lowest BCUT2D eigenvalue weighted by Crippen LogP contribution is -2.39. The minimum atomic E-state index is -1.07. The van der Waals surface area contributed by atoms with Gasteiger partial charge in [-0.2, -0.15) is 0 Å². The molecule has 0 aliphatic heterocycles. The van der Waals surface area contributed by atoms with Crippen LogP contribution in [-0.4, -0.2) is 23.0 Å². The molecule has 1 heterocycles. The van der Waals surface area contributed by atoms with Gasteiger partial charge in [0.2, 0.25) is 0 Å². The van der Waals surface area contributed by atoms with Crippen molar-refractivity contribution in [1.29, 1.82) is 0 Å². The average molecular weight is 448 g/mol. The first-order valence-corrected chi connectivity index (χ1v) is 10.6. The molecule has 1 aromatic heterocycles. The molecular formula is C22H19Cl2NO3S. The van der Waals surface area contributed by atoms with Gasteiger partial charge < -0.3 is 10.0 Å². The Morgan fingerprint density at radius 1 is 1.10 bits per heavy atom. The molecule has 4 nitrogen and oxygen atoms in total. The Hall–Kier alpha value is -2.34. The smallest absolute Gasteiger partial charge is 0.348 e. The predicted molar refractivity (Wildman–Crippen MR) is 120 cm³/mol. The third kappa shape index (κ3) is 4.47. The first kappa shape index (κ1) is 21.4. The summed E-state index contributed by atoms with van der Waals surface area (Å²) in [7, 11) is 0. The van der Waals surface area contributed by atoms with Gasteiger partial charge in [0.05, 0.1) is 16.3 Å². The maximum atomic E-state index is 13.4. The summed E-state index contributed by atoms with van der Waals surface area (Å²) in [6, 6.07) is 15.7. The molecule has 150 valence electrons. The normalized spacial score (nSPS) is 11.9. The summed E-state index contributed by atoms with van der Waals surface area (Å²) >= 11 is 13.4. The number of carboxylic acids is 1. The van der Waals surface area contributed by atoms with Crippen LogP contribution in [0.25, 0.3) is 10.4 Å². The van der Waals surface area contributed by atoms with Gasteiger partial charge in [-0.1, -0.05) is 60.5 Å². The van der Waals surface area contributed by atoms with Gasteiger partial charge in [0, 0.05) is 15.9 Å². The van der Waals surface area contributed by atoms with Crippen molar-refractivity contribution in [3.05, 3.63) is 75.1 Å².